The van der Waals surface area contributed by atoms with Crippen LogP contribution < -0.4 is 5.32 Å². The highest BCUT2D eigenvalue weighted by Crippen LogP contribution is 2.35. The summed E-state index contributed by atoms with van der Waals surface area (Å²) in [4.78, 5) is 14.0. The Labute approximate surface area is 180 Å². The van der Waals surface area contributed by atoms with Crippen LogP contribution in [0.2, 0.25) is 0 Å². The standard InChI is InChI=1S/C18H19N5O3S3/c1-25-8-6-19-17-20-21-18(29-17)28-11-16(24)23-13(14-4-2-7-26-14)10-12(22-23)15-5-3-9-27-15/h2-5,7,9,13H,6,8,10-11H2,1H3,(H,19,20). The quantitative estimate of drug-likeness (QED) is 0.393. The highest BCUT2D eigenvalue weighted by atomic mass is 32.2. The molecule has 0 saturated carbocycles. The summed E-state index contributed by atoms with van der Waals surface area (Å²) < 4.78 is 11.3. The van der Waals surface area contributed by atoms with Gasteiger partial charge in [0.25, 0.3) is 5.91 Å². The van der Waals surface area contributed by atoms with E-state index < -0.39 is 0 Å². The van der Waals surface area contributed by atoms with Gasteiger partial charge in [0, 0.05) is 20.1 Å². The Balaban J connectivity index is 1.41. The zero-order valence-electron chi connectivity index (χ0n) is 15.6. The molecule has 3 aromatic rings. The molecule has 0 aliphatic carbocycles. The van der Waals surface area contributed by atoms with Gasteiger partial charge in [-0.2, -0.15) is 5.10 Å². The molecular weight excluding hydrogens is 430 g/mol. The Morgan fingerprint density at radius 1 is 1.41 bits per heavy atom. The molecule has 1 aliphatic rings. The van der Waals surface area contributed by atoms with Gasteiger partial charge < -0.3 is 14.5 Å². The van der Waals surface area contributed by atoms with Crippen molar-refractivity contribution < 1.29 is 13.9 Å². The first kappa shape index (κ1) is 20.1. The van der Waals surface area contributed by atoms with Crippen molar-refractivity contribution in [3.8, 4) is 0 Å². The van der Waals surface area contributed by atoms with Crippen LogP contribution in [0.4, 0.5) is 5.13 Å². The molecule has 1 amide bonds. The van der Waals surface area contributed by atoms with E-state index in [9.17, 15) is 4.79 Å². The van der Waals surface area contributed by atoms with E-state index >= 15 is 0 Å². The monoisotopic (exact) mass is 449 g/mol. The second-order valence-electron chi connectivity index (χ2n) is 6.08. The van der Waals surface area contributed by atoms with Crippen LogP contribution in [0.15, 0.2) is 49.8 Å². The van der Waals surface area contributed by atoms with Crippen molar-refractivity contribution in [1.82, 2.24) is 15.2 Å². The lowest BCUT2D eigenvalue weighted by Gasteiger charge is -2.19. The second kappa shape index (κ2) is 9.53. The molecule has 0 aromatic carbocycles. The average molecular weight is 450 g/mol. The average Bonchev–Trinajstić information content (AvgIpc) is 3.52. The van der Waals surface area contributed by atoms with E-state index in [4.69, 9.17) is 9.15 Å². The van der Waals surface area contributed by atoms with Crippen LogP contribution in [0.3, 0.4) is 0 Å². The van der Waals surface area contributed by atoms with Crippen molar-refractivity contribution in [3.05, 3.63) is 46.5 Å². The first-order valence-electron chi connectivity index (χ1n) is 8.90. The van der Waals surface area contributed by atoms with E-state index in [-0.39, 0.29) is 17.7 Å². The number of thiophene rings is 1. The maximum atomic E-state index is 12.9. The maximum absolute atomic E-state index is 12.9. The number of ether oxygens (including phenoxy) is 1. The van der Waals surface area contributed by atoms with Gasteiger partial charge in [-0.25, -0.2) is 5.01 Å². The van der Waals surface area contributed by atoms with Crippen LogP contribution in [0.5, 0.6) is 0 Å². The first-order valence-corrected chi connectivity index (χ1v) is 11.6. The molecule has 0 saturated heterocycles. The fraction of sp³-hybridized carbons (Fsp3) is 0.333. The number of anilines is 1. The number of nitrogens with zero attached hydrogens (tertiary/aromatic N) is 4. The maximum Gasteiger partial charge on any atom is 0.253 e. The largest absolute Gasteiger partial charge is 0.467 e. The predicted molar refractivity (Wildman–Crippen MR) is 115 cm³/mol. The molecule has 29 heavy (non-hydrogen) atoms. The number of hydrazone groups is 1. The lowest BCUT2D eigenvalue weighted by atomic mass is 10.1. The fourth-order valence-electron chi connectivity index (χ4n) is 2.82. The zero-order valence-corrected chi connectivity index (χ0v) is 18.1. The van der Waals surface area contributed by atoms with Gasteiger partial charge in [0.15, 0.2) is 4.34 Å². The van der Waals surface area contributed by atoms with E-state index in [1.807, 2.05) is 29.6 Å². The van der Waals surface area contributed by atoms with Crippen molar-refractivity contribution in [2.75, 3.05) is 31.3 Å². The summed E-state index contributed by atoms with van der Waals surface area (Å²) in [6.07, 6.45) is 2.26. The third kappa shape index (κ3) is 4.86. The van der Waals surface area contributed by atoms with Gasteiger partial charge in [-0.3, -0.25) is 4.79 Å². The number of carbonyl (C=O) groups is 1. The highest BCUT2D eigenvalue weighted by molar-refractivity contribution is 8.01. The van der Waals surface area contributed by atoms with Crippen molar-refractivity contribution in [3.63, 3.8) is 0 Å². The van der Waals surface area contributed by atoms with Gasteiger partial charge in [-0.05, 0) is 23.6 Å². The SMILES string of the molecule is COCCNc1nnc(SCC(=O)N2N=C(c3cccs3)CC2c2ccco2)s1. The summed E-state index contributed by atoms with van der Waals surface area (Å²) in [6.45, 7) is 1.25. The Morgan fingerprint density at radius 3 is 3.10 bits per heavy atom. The highest BCUT2D eigenvalue weighted by Gasteiger charge is 2.35. The van der Waals surface area contributed by atoms with Crippen LogP contribution >= 0.6 is 34.4 Å². The van der Waals surface area contributed by atoms with Crippen LogP contribution in [0.25, 0.3) is 0 Å². The molecule has 3 aromatic heterocycles. The van der Waals surface area contributed by atoms with Gasteiger partial charge in [0.1, 0.15) is 11.8 Å². The van der Waals surface area contributed by atoms with Crippen LogP contribution in [0, 0.1) is 0 Å². The number of hydrogen-bond donors (Lipinski definition) is 1. The molecule has 1 unspecified atom stereocenters. The molecule has 0 bridgehead atoms. The number of methoxy groups -OCH3 is 1. The normalized spacial score (nSPS) is 16.2. The number of rotatable bonds is 9. The number of amides is 1. The van der Waals surface area contributed by atoms with Gasteiger partial charge in [-0.1, -0.05) is 29.2 Å². The Bertz CT molecular complexity index is 955. The topological polar surface area (TPSA) is 92.8 Å². The number of thioether (sulfide) groups is 1. The fourth-order valence-corrected chi connectivity index (χ4v) is 5.17. The Kier molecular flexibility index (Phi) is 6.60. The number of aromatic nitrogens is 2. The molecule has 8 nitrogen and oxygen atoms in total. The molecule has 1 aliphatic heterocycles. The van der Waals surface area contributed by atoms with E-state index in [2.05, 4.69) is 20.6 Å². The minimum Gasteiger partial charge on any atom is -0.467 e. The van der Waals surface area contributed by atoms with E-state index in [1.54, 1.807) is 29.7 Å². The second-order valence-corrected chi connectivity index (χ2v) is 9.23. The number of carbonyl (C=O) groups excluding carboxylic acids is 1. The smallest absolute Gasteiger partial charge is 0.253 e. The summed E-state index contributed by atoms with van der Waals surface area (Å²) in [5, 5.41) is 20.2. The zero-order chi connectivity index (χ0) is 20.1. The van der Waals surface area contributed by atoms with Crippen LogP contribution in [0.1, 0.15) is 23.1 Å². The molecule has 1 atom stereocenters. The summed E-state index contributed by atoms with van der Waals surface area (Å²) >= 11 is 4.39. The lowest BCUT2D eigenvalue weighted by molar-refractivity contribution is -0.130. The van der Waals surface area contributed by atoms with E-state index in [0.29, 0.717) is 24.7 Å². The lowest BCUT2D eigenvalue weighted by Crippen LogP contribution is -2.28. The minimum atomic E-state index is -0.226. The van der Waals surface area contributed by atoms with Crippen molar-refractivity contribution in [2.45, 2.75) is 16.8 Å². The summed E-state index contributed by atoms with van der Waals surface area (Å²) in [5.41, 5.74) is 0.903. The first-order chi connectivity index (χ1) is 14.2. The Hall–Kier alpha value is -2.21. The number of hydrogen-bond acceptors (Lipinski definition) is 10. The predicted octanol–water partition coefficient (Wildman–Crippen LogP) is 3.72. The van der Waals surface area contributed by atoms with Gasteiger partial charge in [-0.15, -0.1) is 21.5 Å². The third-order valence-electron chi connectivity index (χ3n) is 4.15. The molecular formula is C18H19N5O3S3. The van der Waals surface area contributed by atoms with Gasteiger partial charge in [0.2, 0.25) is 5.13 Å². The number of nitrogens with one attached hydrogen (secondary N) is 1. The Morgan fingerprint density at radius 2 is 2.34 bits per heavy atom. The van der Waals surface area contributed by atoms with Crippen molar-refractivity contribution in [1.29, 1.82) is 0 Å². The number of furan rings is 1. The molecule has 0 fully saturated rings. The molecule has 0 spiro atoms. The van der Waals surface area contributed by atoms with Crippen LogP contribution in [-0.2, 0) is 9.53 Å². The van der Waals surface area contributed by atoms with E-state index in [0.717, 1.165) is 20.7 Å². The molecule has 0 radical (unpaired) electrons. The molecule has 11 heteroatoms. The van der Waals surface area contributed by atoms with Gasteiger partial charge >= 0.3 is 0 Å². The van der Waals surface area contributed by atoms with Crippen LogP contribution in [-0.4, -0.2) is 52.8 Å². The third-order valence-corrected chi connectivity index (χ3v) is 7.07. The summed E-state index contributed by atoms with van der Waals surface area (Å²) in [5.74, 6) is 0.872. The van der Waals surface area contributed by atoms with Gasteiger partial charge in [0.05, 0.1) is 29.2 Å². The molecule has 4 rings (SSSR count). The van der Waals surface area contributed by atoms with Crippen molar-refractivity contribution >= 4 is 51.2 Å². The molecule has 1 N–H and O–H groups in total. The van der Waals surface area contributed by atoms with E-state index in [1.165, 1.54) is 23.1 Å². The van der Waals surface area contributed by atoms with Crippen molar-refractivity contribution in [2.24, 2.45) is 5.10 Å². The summed E-state index contributed by atoms with van der Waals surface area (Å²) in [6, 6.07) is 7.49. The molecule has 4 heterocycles. The molecule has 152 valence electrons. The summed E-state index contributed by atoms with van der Waals surface area (Å²) in [7, 11) is 1.65. The minimum absolute atomic E-state index is 0.0907.